The number of sulfonamides is 1. The summed E-state index contributed by atoms with van der Waals surface area (Å²) >= 11 is 6.26. The van der Waals surface area contributed by atoms with Crippen molar-refractivity contribution in [3.8, 4) is 0 Å². The van der Waals surface area contributed by atoms with E-state index in [0.29, 0.717) is 6.54 Å². The first kappa shape index (κ1) is 14.8. The molecule has 19 heavy (non-hydrogen) atoms. The van der Waals surface area contributed by atoms with Crippen LogP contribution in [0.2, 0.25) is 0 Å². The van der Waals surface area contributed by atoms with Gasteiger partial charge in [0.25, 0.3) is 10.0 Å². The van der Waals surface area contributed by atoms with E-state index < -0.39 is 10.0 Å². The largest absolute Gasteiger partial charge is 0.336 e. The Hall–Kier alpha value is -0.590. The zero-order chi connectivity index (χ0) is 13.9. The van der Waals surface area contributed by atoms with Gasteiger partial charge in [-0.3, -0.25) is 0 Å². The highest BCUT2D eigenvalue weighted by Gasteiger charge is 2.28. The molecular formula is C12H20ClN3O2S. The van der Waals surface area contributed by atoms with Crippen LogP contribution < -0.4 is 4.72 Å². The molecule has 5 nitrogen and oxygen atoms in total. The first-order valence-corrected chi connectivity index (χ1v) is 8.63. The van der Waals surface area contributed by atoms with Crippen LogP contribution in [-0.2, 0) is 16.6 Å². The number of aryl methyl sites for hydroxylation is 1. The van der Waals surface area contributed by atoms with E-state index in [9.17, 15) is 8.42 Å². The van der Waals surface area contributed by atoms with E-state index in [4.69, 9.17) is 11.6 Å². The van der Waals surface area contributed by atoms with Gasteiger partial charge in [0.05, 0.1) is 6.33 Å². The maximum Gasteiger partial charge on any atom is 0.259 e. The molecule has 0 saturated heterocycles. The first-order valence-electron chi connectivity index (χ1n) is 6.71. The average Bonchev–Trinajstić information content (AvgIpc) is 2.78. The van der Waals surface area contributed by atoms with Gasteiger partial charge >= 0.3 is 0 Å². The third kappa shape index (κ3) is 3.70. The summed E-state index contributed by atoms with van der Waals surface area (Å²) in [6.45, 7) is 2.63. The molecule has 0 radical (unpaired) electrons. The number of imidazole rings is 1. The van der Waals surface area contributed by atoms with Gasteiger partial charge < -0.3 is 4.57 Å². The fourth-order valence-electron chi connectivity index (χ4n) is 2.31. The minimum absolute atomic E-state index is 0.0717. The van der Waals surface area contributed by atoms with Crippen LogP contribution in [0.5, 0.6) is 0 Å². The van der Waals surface area contributed by atoms with Crippen LogP contribution in [0.15, 0.2) is 17.6 Å². The normalized spacial score (nSPS) is 25.2. The lowest BCUT2D eigenvalue weighted by Crippen LogP contribution is -2.40. The Morgan fingerprint density at radius 1 is 1.42 bits per heavy atom. The molecule has 0 bridgehead atoms. The number of aromatic nitrogens is 2. The molecule has 0 spiro atoms. The van der Waals surface area contributed by atoms with Crippen molar-refractivity contribution in [2.45, 2.75) is 62.0 Å². The van der Waals surface area contributed by atoms with Crippen LogP contribution in [0.3, 0.4) is 0 Å². The molecule has 1 aromatic rings. The van der Waals surface area contributed by atoms with Crippen LogP contribution in [0.1, 0.15) is 39.0 Å². The van der Waals surface area contributed by atoms with Crippen molar-refractivity contribution < 1.29 is 8.42 Å². The van der Waals surface area contributed by atoms with Crippen molar-refractivity contribution in [1.29, 1.82) is 0 Å². The molecule has 0 aromatic carbocycles. The monoisotopic (exact) mass is 305 g/mol. The summed E-state index contributed by atoms with van der Waals surface area (Å²) in [6, 6.07) is -0.194. The molecule has 1 aliphatic rings. The number of hydrogen-bond acceptors (Lipinski definition) is 3. The predicted molar refractivity (Wildman–Crippen MR) is 74.7 cm³/mol. The lowest BCUT2D eigenvalue weighted by Gasteiger charge is -2.20. The highest BCUT2D eigenvalue weighted by Crippen LogP contribution is 2.23. The minimum Gasteiger partial charge on any atom is -0.336 e. The lowest BCUT2D eigenvalue weighted by atomic mass is 10.1. The lowest BCUT2D eigenvalue weighted by molar-refractivity contribution is 0.512. The molecular weight excluding hydrogens is 286 g/mol. The third-order valence-electron chi connectivity index (χ3n) is 3.49. The highest BCUT2D eigenvalue weighted by atomic mass is 35.5. The standard InChI is InChI=1S/C12H20ClN3O2S/c1-2-16-8-12(14-9-16)19(17,18)15-11-7-5-3-4-6-10(11)13/h8-11,15H,2-7H2,1H3. The van der Waals surface area contributed by atoms with Gasteiger partial charge in [0.2, 0.25) is 0 Å². The van der Waals surface area contributed by atoms with Crippen LogP contribution in [0.4, 0.5) is 0 Å². The van der Waals surface area contributed by atoms with E-state index in [1.165, 1.54) is 6.33 Å². The fraction of sp³-hybridized carbons (Fsp3) is 0.750. The van der Waals surface area contributed by atoms with Gasteiger partial charge in [0, 0.05) is 24.2 Å². The number of nitrogens with zero attached hydrogens (tertiary/aromatic N) is 2. The topological polar surface area (TPSA) is 64.0 Å². The van der Waals surface area contributed by atoms with Crippen molar-refractivity contribution in [2.24, 2.45) is 0 Å². The second kappa shape index (κ2) is 6.24. The number of rotatable bonds is 4. The number of alkyl halides is 1. The second-order valence-electron chi connectivity index (χ2n) is 4.92. The van der Waals surface area contributed by atoms with E-state index in [1.807, 2.05) is 6.92 Å². The minimum atomic E-state index is -3.56. The zero-order valence-electron chi connectivity index (χ0n) is 11.0. The van der Waals surface area contributed by atoms with Crippen LogP contribution in [-0.4, -0.2) is 29.4 Å². The number of halogens is 1. The summed E-state index contributed by atoms with van der Waals surface area (Å²) in [6.07, 6.45) is 7.92. The zero-order valence-corrected chi connectivity index (χ0v) is 12.6. The predicted octanol–water partition coefficient (Wildman–Crippen LogP) is 2.12. The maximum absolute atomic E-state index is 12.2. The molecule has 1 heterocycles. The number of nitrogens with one attached hydrogen (secondary N) is 1. The molecule has 1 fully saturated rings. The van der Waals surface area contributed by atoms with Gasteiger partial charge in [0.15, 0.2) is 5.03 Å². The molecule has 1 saturated carbocycles. The van der Waals surface area contributed by atoms with E-state index in [-0.39, 0.29) is 16.4 Å². The van der Waals surface area contributed by atoms with Crippen molar-refractivity contribution in [2.75, 3.05) is 0 Å². The maximum atomic E-state index is 12.2. The van der Waals surface area contributed by atoms with Crippen LogP contribution in [0.25, 0.3) is 0 Å². The fourth-order valence-corrected chi connectivity index (χ4v) is 3.99. The van der Waals surface area contributed by atoms with Gasteiger partial charge in [0.1, 0.15) is 0 Å². The molecule has 1 N–H and O–H groups in total. The van der Waals surface area contributed by atoms with Crippen LogP contribution in [0, 0.1) is 0 Å². The number of hydrogen-bond donors (Lipinski definition) is 1. The van der Waals surface area contributed by atoms with Crippen molar-refractivity contribution in [3.63, 3.8) is 0 Å². The summed E-state index contributed by atoms with van der Waals surface area (Å²) in [5.74, 6) is 0. The molecule has 2 atom stereocenters. The van der Waals surface area contributed by atoms with Crippen molar-refractivity contribution in [1.82, 2.24) is 14.3 Å². The molecule has 2 unspecified atom stereocenters. The molecule has 1 aromatic heterocycles. The molecule has 0 aliphatic heterocycles. The Morgan fingerprint density at radius 3 is 2.84 bits per heavy atom. The van der Waals surface area contributed by atoms with E-state index in [1.54, 1.807) is 10.8 Å². The highest BCUT2D eigenvalue weighted by molar-refractivity contribution is 7.89. The van der Waals surface area contributed by atoms with Crippen LogP contribution >= 0.6 is 11.6 Å². The third-order valence-corrected chi connectivity index (χ3v) is 5.39. The molecule has 0 amide bonds. The van der Waals surface area contributed by atoms with Crippen molar-refractivity contribution in [3.05, 3.63) is 12.5 Å². The van der Waals surface area contributed by atoms with Gasteiger partial charge in [-0.15, -0.1) is 11.6 Å². The van der Waals surface area contributed by atoms with Crippen molar-refractivity contribution >= 4 is 21.6 Å². The summed E-state index contributed by atoms with van der Waals surface area (Å²) in [5.41, 5.74) is 0. The van der Waals surface area contributed by atoms with E-state index in [0.717, 1.165) is 32.1 Å². The Morgan fingerprint density at radius 2 is 2.16 bits per heavy atom. The van der Waals surface area contributed by atoms with E-state index >= 15 is 0 Å². The molecule has 7 heteroatoms. The Labute approximate surface area is 119 Å². The average molecular weight is 306 g/mol. The summed E-state index contributed by atoms with van der Waals surface area (Å²) in [7, 11) is -3.56. The quantitative estimate of drug-likeness (QED) is 0.684. The van der Waals surface area contributed by atoms with Gasteiger partial charge in [-0.25, -0.2) is 18.1 Å². The van der Waals surface area contributed by atoms with E-state index in [2.05, 4.69) is 9.71 Å². The molecule has 108 valence electrons. The first-order chi connectivity index (χ1) is 9.03. The second-order valence-corrected chi connectivity index (χ2v) is 7.15. The smallest absolute Gasteiger partial charge is 0.259 e. The Bertz CT molecular complexity index is 515. The SMILES string of the molecule is CCn1cnc(S(=O)(=O)NC2CCCCCC2Cl)c1. The van der Waals surface area contributed by atoms with Gasteiger partial charge in [-0.05, 0) is 19.8 Å². The summed E-state index contributed by atoms with van der Waals surface area (Å²) < 4.78 is 28.9. The van der Waals surface area contributed by atoms with Gasteiger partial charge in [-0.2, -0.15) is 0 Å². The molecule has 1 aliphatic carbocycles. The Kier molecular flexibility index (Phi) is 4.86. The summed E-state index contributed by atoms with van der Waals surface area (Å²) in [5, 5.41) is -0.0620. The summed E-state index contributed by atoms with van der Waals surface area (Å²) in [4.78, 5) is 3.94. The van der Waals surface area contributed by atoms with Gasteiger partial charge in [-0.1, -0.05) is 19.3 Å². The Balaban J connectivity index is 2.11. The molecule has 2 rings (SSSR count).